The first kappa shape index (κ1) is 20.6. The molecule has 3 N–H and O–H groups in total. The Morgan fingerprint density at radius 3 is 2.39 bits per heavy atom. The standard InChI is InChI=1S/C24H24N4O3/c1-27(2)15-16-7-11-18(12-8-16)25-23(17-9-13-19(14-10-17)28(30)31)22-20-5-3-4-6-21(20)26-24(22)29/h3-14,24-26,29H,15H2,1-2H3/b23-22-. The Kier molecular flexibility index (Phi) is 5.70. The number of aliphatic hydroxyl groups excluding tert-OH is 1. The second-order valence-corrected chi connectivity index (χ2v) is 7.74. The molecule has 31 heavy (non-hydrogen) atoms. The number of hydrogen-bond acceptors (Lipinski definition) is 6. The van der Waals surface area contributed by atoms with E-state index in [1.165, 1.54) is 17.7 Å². The van der Waals surface area contributed by atoms with Gasteiger partial charge in [-0.1, -0.05) is 30.3 Å². The highest BCUT2D eigenvalue weighted by atomic mass is 16.6. The Morgan fingerprint density at radius 1 is 1.06 bits per heavy atom. The number of anilines is 2. The maximum Gasteiger partial charge on any atom is 0.269 e. The van der Waals surface area contributed by atoms with E-state index < -0.39 is 11.2 Å². The van der Waals surface area contributed by atoms with Crippen molar-refractivity contribution >= 4 is 28.3 Å². The minimum absolute atomic E-state index is 0.0200. The van der Waals surface area contributed by atoms with Crippen LogP contribution in [0.4, 0.5) is 17.1 Å². The predicted molar refractivity (Wildman–Crippen MR) is 123 cm³/mol. The minimum atomic E-state index is -0.900. The lowest BCUT2D eigenvalue weighted by Gasteiger charge is -2.18. The second kappa shape index (κ2) is 8.59. The van der Waals surface area contributed by atoms with Crippen LogP contribution in [0.25, 0.3) is 11.3 Å². The molecule has 1 unspecified atom stereocenters. The molecule has 158 valence electrons. The van der Waals surface area contributed by atoms with E-state index in [4.69, 9.17) is 0 Å². The van der Waals surface area contributed by atoms with Crippen LogP contribution in [-0.2, 0) is 6.54 Å². The zero-order valence-electron chi connectivity index (χ0n) is 17.4. The van der Waals surface area contributed by atoms with Crippen molar-refractivity contribution in [3.63, 3.8) is 0 Å². The highest BCUT2D eigenvalue weighted by Gasteiger charge is 2.28. The molecule has 1 heterocycles. The van der Waals surface area contributed by atoms with E-state index in [0.717, 1.165) is 29.0 Å². The van der Waals surface area contributed by atoms with Gasteiger partial charge in [-0.2, -0.15) is 0 Å². The Morgan fingerprint density at radius 2 is 1.74 bits per heavy atom. The molecule has 7 nitrogen and oxygen atoms in total. The first-order valence-electron chi connectivity index (χ1n) is 9.96. The summed E-state index contributed by atoms with van der Waals surface area (Å²) in [5, 5.41) is 28.4. The van der Waals surface area contributed by atoms with Gasteiger partial charge in [0.2, 0.25) is 0 Å². The number of nitrogens with one attached hydrogen (secondary N) is 2. The van der Waals surface area contributed by atoms with E-state index >= 15 is 0 Å². The third kappa shape index (κ3) is 4.42. The van der Waals surface area contributed by atoms with Crippen molar-refractivity contribution in [1.29, 1.82) is 0 Å². The summed E-state index contributed by atoms with van der Waals surface area (Å²) in [5.41, 5.74) is 5.93. The molecule has 0 spiro atoms. The van der Waals surface area contributed by atoms with Crippen LogP contribution in [0.1, 0.15) is 16.7 Å². The van der Waals surface area contributed by atoms with Crippen LogP contribution < -0.4 is 10.6 Å². The summed E-state index contributed by atoms with van der Waals surface area (Å²) < 4.78 is 0. The fourth-order valence-electron chi connectivity index (χ4n) is 3.73. The molecule has 0 saturated carbocycles. The first-order valence-corrected chi connectivity index (χ1v) is 9.96. The third-order valence-electron chi connectivity index (χ3n) is 5.14. The lowest BCUT2D eigenvalue weighted by Crippen LogP contribution is -2.16. The number of rotatable bonds is 6. The van der Waals surface area contributed by atoms with E-state index in [-0.39, 0.29) is 5.69 Å². The molecule has 7 heteroatoms. The van der Waals surface area contributed by atoms with E-state index in [1.807, 2.05) is 50.5 Å². The number of benzene rings is 3. The lowest BCUT2D eigenvalue weighted by molar-refractivity contribution is -0.384. The average molecular weight is 416 g/mol. The van der Waals surface area contributed by atoms with E-state index in [9.17, 15) is 15.2 Å². The van der Waals surface area contributed by atoms with Crippen molar-refractivity contribution in [2.24, 2.45) is 0 Å². The minimum Gasteiger partial charge on any atom is -0.369 e. The SMILES string of the molecule is CN(C)Cc1ccc(N/C(=C2/c3ccccc3NC2O)c2ccc([N+](=O)[O-])cc2)cc1. The zero-order chi connectivity index (χ0) is 22.0. The van der Waals surface area contributed by atoms with E-state index in [0.29, 0.717) is 11.3 Å². The molecule has 4 rings (SSSR count). The van der Waals surface area contributed by atoms with Crippen molar-refractivity contribution in [3.05, 3.63) is 99.6 Å². The van der Waals surface area contributed by atoms with Gasteiger partial charge in [0.25, 0.3) is 5.69 Å². The average Bonchev–Trinajstić information content (AvgIpc) is 3.08. The molecule has 1 atom stereocenters. The summed E-state index contributed by atoms with van der Waals surface area (Å²) in [6.45, 7) is 0.840. The number of aliphatic hydroxyl groups is 1. The van der Waals surface area contributed by atoms with Crippen LogP contribution in [0, 0.1) is 10.1 Å². The molecule has 3 aromatic rings. The fourth-order valence-corrected chi connectivity index (χ4v) is 3.73. The molecule has 0 bridgehead atoms. The molecule has 1 aliphatic heterocycles. The largest absolute Gasteiger partial charge is 0.369 e. The smallest absolute Gasteiger partial charge is 0.269 e. The highest BCUT2D eigenvalue weighted by molar-refractivity contribution is 6.03. The third-order valence-corrected chi connectivity index (χ3v) is 5.14. The number of non-ortho nitro benzene ring substituents is 1. The fraction of sp³-hybridized carbons (Fsp3) is 0.167. The summed E-state index contributed by atoms with van der Waals surface area (Å²) in [7, 11) is 4.05. The Balaban J connectivity index is 1.78. The summed E-state index contributed by atoms with van der Waals surface area (Å²) in [4.78, 5) is 12.8. The first-order chi connectivity index (χ1) is 14.9. The predicted octanol–water partition coefficient (Wildman–Crippen LogP) is 4.38. The number of nitrogens with zero attached hydrogens (tertiary/aromatic N) is 2. The Labute approximate surface area is 180 Å². The van der Waals surface area contributed by atoms with Gasteiger partial charge in [0.15, 0.2) is 6.23 Å². The van der Waals surface area contributed by atoms with Crippen molar-refractivity contribution in [3.8, 4) is 0 Å². The molecular weight excluding hydrogens is 392 g/mol. The number of hydrogen-bond donors (Lipinski definition) is 3. The van der Waals surface area contributed by atoms with Gasteiger partial charge < -0.3 is 20.6 Å². The molecule has 3 aromatic carbocycles. The van der Waals surface area contributed by atoms with E-state index in [2.05, 4.69) is 27.7 Å². The second-order valence-electron chi connectivity index (χ2n) is 7.74. The van der Waals surface area contributed by atoms with Gasteiger partial charge in [0, 0.05) is 41.2 Å². The normalized spacial score (nSPS) is 16.6. The molecule has 0 amide bonds. The highest BCUT2D eigenvalue weighted by Crippen LogP contribution is 2.39. The van der Waals surface area contributed by atoms with Crippen LogP contribution >= 0.6 is 0 Å². The number of nitro benzene ring substituents is 1. The Bertz CT molecular complexity index is 1120. The number of nitro groups is 1. The quantitative estimate of drug-likeness (QED) is 0.408. The topological polar surface area (TPSA) is 90.7 Å². The van der Waals surface area contributed by atoms with Crippen molar-refractivity contribution < 1.29 is 10.0 Å². The molecule has 0 saturated heterocycles. The lowest BCUT2D eigenvalue weighted by atomic mass is 9.99. The molecule has 0 aliphatic carbocycles. The molecule has 1 aliphatic rings. The zero-order valence-corrected chi connectivity index (χ0v) is 17.4. The molecule has 0 radical (unpaired) electrons. The number of para-hydroxylation sites is 1. The summed E-state index contributed by atoms with van der Waals surface area (Å²) >= 11 is 0. The van der Waals surface area contributed by atoms with Crippen LogP contribution in [0.2, 0.25) is 0 Å². The summed E-state index contributed by atoms with van der Waals surface area (Å²) in [6.07, 6.45) is -0.900. The molecular formula is C24H24N4O3. The van der Waals surface area contributed by atoms with Gasteiger partial charge in [0.05, 0.1) is 10.6 Å². The maximum atomic E-state index is 11.1. The summed E-state index contributed by atoms with van der Waals surface area (Å²) in [5.74, 6) is 0. The van der Waals surface area contributed by atoms with Gasteiger partial charge >= 0.3 is 0 Å². The van der Waals surface area contributed by atoms with Crippen molar-refractivity contribution in [2.75, 3.05) is 24.7 Å². The van der Waals surface area contributed by atoms with Crippen LogP contribution in [0.5, 0.6) is 0 Å². The van der Waals surface area contributed by atoms with Crippen LogP contribution in [0.15, 0.2) is 72.8 Å². The monoisotopic (exact) mass is 416 g/mol. The number of fused-ring (bicyclic) bond motifs is 1. The van der Waals surface area contributed by atoms with Gasteiger partial charge in [-0.15, -0.1) is 0 Å². The maximum absolute atomic E-state index is 11.1. The van der Waals surface area contributed by atoms with E-state index in [1.54, 1.807) is 12.1 Å². The van der Waals surface area contributed by atoms with Crippen molar-refractivity contribution in [1.82, 2.24) is 4.90 Å². The molecule has 0 fully saturated rings. The van der Waals surface area contributed by atoms with Crippen LogP contribution in [0.3, 0.4) is 0 Å². The van der Waals surface area contributed by atoms with Gasteiger partial charge in [0.1, 0.15) is 0 Å². The van der Waals surface area contributed by atoms with Gasteiger partial charge in [-0.25, -0.2) is 0 Å². The molecule has 0 aromatic heterocycles. The van der Waals surface area contributed by atoms with Crippen LogP contribution in [-0.4, -0.2) is 35.3 Å². The van der Waals surface area contributed by atoms with Gasteiger partial charge in [-0.05, 0) is 55.6 Å². The summed E-state index contributed by atoms with van der Waals surface area (Å²) in [6, 6.07) is 22.1. The Hall–Kier alpha value is -3.68. The van der Waals surface area contributed by atoms with Gasteiger partial charge in [-0.3, -0.25) is 10.1 Å². The van der Waals surface area contributed by atoms with Crippen molar-refractivity contribution in [2.45, 2.75) is 12.8 Å².